The molecule has 0 aromatic rings. The molecule has 0 N–H and O–H groups in total. The van der Waals surface area contributed by atoms with Crippen LogP contribution in [0.5, 0.6) is 0 Å². The van der Waals surface area contributed by atoms with E-state index in [1.54, 1.807) is 0 Å². The van der Waals surface area contributed by atoms with Crippen molar-refractivity contribution in [3.05, 3.63) is 0 Å². The molecule has 0 rings (SSSR count). The smallest absolute Gasteiger partial charge is 0.333 e. The topological polar surface area (TPSA) is 18.5 Å². The van der Waals surface area contributed by atoms with Crippen molar-refractivity contribution in [3.8, 4) is 0 Å². The van der Waals surface area contributed by atoms with Gasteiger partial charge >= 0.3 is 86.6 Å². The highest BCUT2D eigenvalue weighted by Crippen LogP contribution is 2.66. The van der Waals surface area contributed by atoms with Crippen LogP contribution in [0.15, 0.2) is 0 Å². The van der Waals surface area contributed by atoms with Crippen molar-refractivity contribution in [1.29, 1.82) is 0 Å². The van der Waals surface area contributed by atoms with E-state index in [1.165, 1.54) is 8.23 Å². The Morgan fingerprint density at radius 3 is 0.767 bits per heavy atom. The van der Waals surface area contributed by atoms with Crippen molar-refractivity contribution >= 4 is 27.5 Å². The third kappa shape index (κ3) is 5.98. The van der Waals surface area contributed by atoms with Gasteiger partial charge in [0.05, 0.1) is 0 Å². The maximum Gasteiger partial charge on any atom is 0.797 e. The minimum Gasteiger partial charge on any atom is -0.333 e. The second kappa shape index (κ2) is 10.3. The van der Waals surface area contributed by atoms with Crippen LogP contribution in [0.2, 0.25) is 0 Å². The van der Waals surface area contributed by atoms with Crippen LogP contribution in [0.4, 0.5) is 121 Å². The summed E-state index contributed by atoms with van der Waals surface area (Å²) in [5.41, 5.74) is -8.94. The second-order valence-corrected chi connectivity index (χ2v) is 12.4. The average molecular weight is 768 g/mol. The first-order chi connectivity index (χ1) is 17.9. The zero-order chi connectivity index (χ0) is 35.9. The zero-order valence-corrected chi connectivity index (χ0v) is 20.9. The molecule has 0 bridgehead atoms. The van der Waals surface area contributed by atoms with Crippen molar-refractivity contribution < 1.29 is 129 Å². The number of halogens is 28. The average Bonchev–Trinajstić information content (AvgIpc) is 2.68. The summed E-state index contributed by atoms with van der Waals surface area (Å²) >= 11 is 0. The van der Waals surface area contributed by atoms with E-state index in [2.05, 4.69) is 0 Å². The summed E-state index contributed by atoms with van der Waals surface area (Å²) in [4.78, 5) is 0. The van der Waals surface area contributed by atoms with Crippen LogP contribution in [0, 0.1) is 0 Å². The zero-order valence-electron chi connectivity index (χ0n) is 17.9. The highest BCUT2D eigenvalue weighted by Gasteiger charge is 2.99. The van der Waals surface area contributed by atoms with Gasteiger partial charge in [-0.3, -0.25) is 0 Å². The van der Waals surface area contributed by atoms with Crippen LogP contribution in [0.25, 0.3) is 0 Å². The van der Waals surface area contributed by atoms with E-state index in [9.17, 15) is 121 Å². The second-order valence-electron chi connectivity index (χ2n) is 7.30. The molecule has 0 fully saturated rings. The van der Waals surface area contributed by atoms with Crippen LogP contribution in [-0.2, 0) is 8.23 Å². The summed E-state index contributed by atoms with van der Waals surface area (Å²) in [6.07, 6.45) is -8.23. The predicted octanol–water partition coefficient (Wildman–Crippen LogP) is 8.44. The van der Waals surface area contributed by atoms with Gasteiger partial charge in [0.2, 0.25) is 0 Å². The molecule has 0 aromatic carbocycles. The lowest BCUT2D eigenvalue weighted by molar-refractivity contribution is -0.472. The SMILES string of the molecule is FC(F)(F)C(F)(F)C(F)(F)C(F)(F)C(F)(F)C(F)(F)C(F)(F)C(F)(F)C(F)(F)C(F)(F)[Si](F)(F)O[Si](F)(F)O[Si](F)(F)F. The Bertz CT molecular complexity index is 1010. The standard InChI is InChI=1S/C10F28O2Si3/c11-1(12,3(15,16)5(19,20)7(23,24)9(27,28)29)2(13,14)4(17,18)6(21,22)8(25,26)10(30,31)41(32,33)39-43(37,38)40-42(34,35)36. The molecule has 43 heavy (non-hydrogen) atoms. The van der Waals surface area contributed by atoms with E-state index >= 15 is 0 Å². The summed E-state index contributed by atoms with van der Waals surface area (Å²) < 4.78 is 366. The molecule has 0 saturated heterocycles. The number of hydrogen-bond donors (Lipinski definition) is 0. The summed E-state index contributed by atoms with van der Waals surface area (Å²) in [7, 11) is -27.8. The van der Waals surface area contributed by atoms with Crippen molar-refractivity contribution in [2.75, 3.05) is 0 Å². The molecule has 33 heteroatoms. The third-order valence-electron chi connectivity index (χ3n) is 4.36. The Balaban J connectivity index is 7.17. The first-order valence-electron chi connectivity index (χ1n) is 8.61. The van der Waals surface area contributed by atoms with Crippen molar-refractivity contribution in [3.63, 3.8) is 0 Å². The lowest BCUT2D eigenvalue weighted by Gasteiger charge is -2.44. The number of rotatable bonds is 13. The fourth-order valence-corrected chi connectivity index (χ4v) is 5.96. The maximum absolute atomic E-state index is 13.5. The van der Waals surface area contributed by atoms with Gasteiger partial charge in [0.1, 0.15) is 0 Å². The molecule has 0 spiro atoms. The summed E-state index contributed by atoms with van der Waals surface area (Å²) in [6, 6.07) is 0. The first kappa shape index (κ1) is 41.6. The van der Waals surface area contributed by atoms with E-state index < -0.39 is 86.6 Å². The number of alkyl halides is 21. The molecule has 260 valence electrons. The lowest BCUT2D eigenvalue weighted by Crippen LogP contribution is -2.78. The van der Waals surface area contributed by atoms with Crippen molar-refractivity contribution in [2.24, 2.45) is 0 Å². The van der Waals surface area contributed by atoms with Crippen molar-refractivity contribution in [1.82, 2.24) is 0 Å². The highest BCUT2D eigenvalue weighted by molar-refractivity contribution is 6.76. The molecule has 0 atom stereocenters. The molecule has 2 nitrogen and oxygen atoms in total. The predicted molar refractivity (Wildman–Crippen MR) is 77.8 cm³/mol. The van der Waals surface area contributed by atoms with Gasteiger partial charge in [0.15, 0.2) is 0 Å². The van der Waals surface area contributed by atoms with Gasteiger partial charge in [0, 0.05) is 0 Å². The molecule has 0 amide bonds. The van der Waals surface area contributed by atoms with E-state index in [-0.39, 0.29) is 0 Å². The summed E-state index contributed by atoms with van der Waals surface area (Å²) in [5.74, 6) is -75.4. The van der Waals surface area contributed by atoms with Crippen molar-refractivity contribution in [2.45, 2.75) is 59.1 Å². The van der Waals surface area contributed by atoms with Gasteiger partial charge in [-0.25, -0.2) is 28.8 Å². The summed E-state index contributed by atoms with van der Waals surface area (Å²) in [5, 5.41) is 0. The van der Waals surface area contributed by atoms with Gasteiger partial charge in [-0.2, -0.15) is 92.2 Å². The van der Waals surface area contributed by atoms with Gasteiger partial charge in [-0.15, -0.1) is 0 Å². The van der Waals surface area contributed by atoms with Gasteiger partial charge in [-0.05, 0) is 0 Å². The molecule has 0 saturated carbocycles. The van der Waals surface area contributed by atoms with Crippen LogP contribution in [0.3, 0.4) is 0 Å². The van der Waals surface area contributed by atoms with Crippen LogP contribution >= 0.6 is 0 Å². The largest absolute Gasteiger partial charge is 0.797 e. The minimum atomic E-state index is -10.3. The Morgan fingerprint density at radius 1 is 0.302 bits per heavy atom. The molecule has 0 heterocycles. The maximum atomic E-state index is 13.5. The van der Waals surface area contributed by atoms with Gasteiger partial charge < -0.3 is 8.23 Å². The lowest BCUT2D eigenvalue weighted by atomic mass is 9.87. The molecule has 0 unspecified atom stereocenters. The van der Waals surface area contributed by atoms with E-state index in [0.29, 0.717) is 0 Å². The van der Waals surface area contributed by atoms with E-state index in [0.717, 1.165) is 0 Å². The third-order valence-corrected chi connectivity index (χ3v) is 9.26. The van der Waals surface area contributed by atoms with Crippen LogP contribution in [-0.4, -0.2) is 86.6 Å². The van der Waals surface area contributed by atoms with Crippen LogP contribution in [0.1, 0.15) is 0 Å². The van der Waals surface area contributed by atoms with Crippen LogP contribution < -0.4 is 0 Å². The summed E-state index contributed by atoms with van der Waals surface area (Å²) in [6.45, 7) is 0. The Morgan fingerprint density at radius 2 is 0.535 bits per heavy atom. The fourth-order valence-electron chi connectivity index (χ4n) is 2.11. The molecule has 0 aliphatic heterocycles. The minimum absolute atomic E-state index is 1.33. The highest BCUT2D eigenvalue weighted by atomic mass is 28.6. The Hall–Kier alpha value is -1.39. The molecule has 0 aromatic heterocycles. The molecule has 0 aliphatic carbocycles. The molecule has 0 aliphatic rings. The first-order valence-corrected chi connectivity index (χ1v) is 13.4. The molecular weight excluding hydrogens is 768 g/mol. The molecule has 0 radical (unpaired) electrons. The quantitative estimate of drug-likeness (QED) is 0.107. The monoisotopic (exact) mass is 768 g/mol. The Kier molecular flexibility index (Phi) is 9.98. The van der Waals surface area contributed by atoms with E-state index in [1.807, 2.05) is 0 Å². The number of hydrogen-bond acceptors (Lipinski definition) is 2. The molecular formula is C10F28O2Si3. The fraction of sp³-hybridized carbons (Fsp3) is 1.00. The van der Waals surface area contributed by atoms with Gasteiger partial charge in [0.25, 0.3) is 0 Å². The van der Waals surface area contributed by atoms with E-state index in [4.69, 9.17) is 0 Å². The van der Waals surface area contributed by atoms with Gasteiger partial charge in [-0.1, -0.05) is 0 Å². The normalized spacial score (nSPS) is 17.0. The Labute approximate surface area is 217 Å².